The van der Waals surface area contributed by atoms with Gasteiger partial charge in [0.05, 0.1) is 18.2 Å². The minimum Gasteiger partial charge on any atom is -0.507 e. The Morgan fingerprint density at radius 3 is 2.56 bits per heavy atom. The Bertz CT molecular complexity index is 1590. The third kappa shape index (κ3) is 6.34. The third-order valence-electron chi connectivity index (χ3n) is 6.54. The zero-order chi connectivity index (χ0) is 28.9. The van der Waals surface area contributed by atoms with Crippen LogP contribution in [0.2, 0.25) is 0 Å². The first-order chi connectivity index (χ1) is 19.8. The van der Waals surface area contributed by atoms with Gasteiger partial charge in [-0.25, -0.2) is 4.39 Å². The van der Waals surface area contributed by atoms with Crippen LogP contribution in [0.25, 0.3) is 5.76 Å². The number of hydrogen-bond donors (Lipinski definition) is 1. The van der Waals surface area contributed by atoms with Gasteiger partial charge in [0.25, 0.3) is 5.78 Å². The molecule has 3 aromatic carbocycles. The van der Waals surface area contributed by atoms with Crippen molar-refractivity contribution in [3.8, 4) is 5.75 Å². The molecule has 1 fully saturated rings. The summed E-state index contributed by atoms with van der Waals surface area (Å²) in [6, 6.07) is 21.3. The highest BCUT2D eigenvalue weighted by molar-refractivity contribution is 8.00. The van der Waals surface area contributed by atoms with Crippen LogP contribution in [0.3, 0.4) is 0 Å². The number of carbonyl (C=O) groups excluding carboxylic acids is 2. The van der Waals surface area contributed by atoms with Crippen LogP contribution in [0, 0.1) is 11.7 Å². The summed E-state index contributed by atoms with van der Waals surface area (Å²) in [6.45, 7) is 4.74. The fraction of sp³-hybridized carbons (Fsp3) is 0.226. The minimum atomic E-state index is -0.957. The molecule has 10 heteroatoms. The number of hydrogen-bond acceptors (Lipinski definition) is 8. The van der Waals surface area contributed by atoms with Crippen molar-refractivity contribution < 1.29 is 23.8 Å². The van der Waals surface area contributed by atoms with Crippen LogP contribution in [0.4, 0.5) is 9.52 Å². The number of benzene rings is 3. The predicted molar refractivity (Wildman–Crippen MR) is 158 cm³/mol. The molecule has 7 nitrogen and oxygen atoms in total. The van der Waals surface area contributed by atoms with E-state index in [1.54, 1.807) is 66.7 Å². The molecule has 1 aromatic heterocycles. The molecule has 0 spiro atoms. The first-order valence-corrected chi connectivity index (χ1v) is 14.9. The molecule has 1 saturated heterocycles. The summed E-state index contributed by atoms with van der Waals surface area (Å²) in [5.74, 6) is -0.842. The van der Waals surface area contributed by atoms with E-state index < -0.39 is 17.7 Å². The minimum absolute atomic E-state index is 0.0451. The SMILES string of the molecule is CC(C)CCOc1cccc(C2/C(=C(\O)c3ccccc3)C(=O)C(=O)N2c2nnc(SCc3ccccc3F)s2)c1. The van der Waals surface area contributed by atoms with E-state index in [0.717, 1.165) is 17.8 Å². The summed E-state index contributed by atoms with van der Waals surface area (Å²) in [5, 5.41) is 19.9. The topological polar surface area (TPSA) is 92.6 Å². The Hall–Kier alpha value is -4.02. The molecule has 1 unspecified atom stereocenters. The van der Waals surface area contributed by atoms with Crippen LogP contribution in [0.1, 0.15) is 43.0 Å². The molecule has 210 valence electrons. The Kier molecular flexibility index (Phi) is 8.80. The Morgan fingerprint density at radius 1 is 1.05 bits per heavy atom. The zero-order valence-electron chi connectivity index (χ0n) is 22.5. The maximum absolute atomic E-state index is 14.1. The van der Waals surface area contributed by atoms with Crippen molar-refractivity contribution in [2.24, 2.45) is 5.92 Å². The van der Waals surface area contributed by atoms with E-state index in [1.807, 2.05) is 6.07 Å². The van der Waals surface area contributed by atoms with Crippen molar-refractivity contribution >= 4 is 45.7 Å². The van der Waals surface area contributed by atoms with Gasteiger partial charge in [0.2, 0.25) is 5.13 Å². The number of halogens is 1. The van der Waals surface area contributed by atoms with Crippen LogP contribution >= 0.6 is 23.1 Å². The highest BCUT2D eigenvalue weighted by Crippen LogP contribution is 2.44. The number of carbonyl (C=O) groups is 2. The first-order valence-electron chi connectivity index (χ1n) is 13.1. The predicted octanol–water partition coefficient (Wildman–Crippen LogP) is 7.02. The van der Waals surface area contributed by atoms with Crippen molar-refractivity contribution in [3.05, 3.63) is 107 Å². The Balaban J connectivity index is 1.52. The summed E-state index contributed by atoms with van der Waals surface area (Å²) < 4.78 is 20.6. The van der Waals surface area contributed by atoms with E-state index >= 15 is 0 Å². The van der Waals surface area contributed by atoms with Crippen molar-refractivity contribution in [1.29, 1.82) is 0 Å². The lowest BCUT2D eigenvalue weighted by Crippen LogP contribution is -2.29. The van der Waals surface area contributed by atoms with E-state index in [-0.39, 0.29) is 22.3 Å². The molecule has 1 amide bonds. The smallest absolute Gasteiger partial charge is 0.301 e. The molecule has 4 aromatic rings. The quantitative estimate of drug-likeness (QED) is 0.0699. The average molecular weight is 590 g/mol. The molecule has 1 aliphatic rings. The van der Waals surface area contributed by atoms with Crippen LogP contribution in [0.15, 0.2) is 88.8 Å². The van der Waals surface area contributed by atoms with Crippen LogP contribution in [0.5, 0.6) is 5.75 Å². The van der Waals surface area contributed by atoms with E-state index in [2.05, 4.69) is 24.0 Å². The molecule has 1 N–H and O–H groups in total. The summed E-state index contributed by atoms with van der Waals surface area (Å²) in [4.78, 5) is 28.2. The highest BCUT2D eigenvalue weighted by atomic mass is 32.2. The van der Waals surface area contributed by atoms with Gasteiger partial charge in [-0.3, -0.25) is 14.5 Å². The number of amides is 1. The molecule has 0 aliphatic carbocycles. The van der Waals surface area contributed by atoms with Gasteiger partial charge in [0.1, 0.15) is 17.3 Å². The molecule has 5 rings (SSSR count). The molecule has 0 radical (unpaired) electrons. The highest BCUT2D eigenvalue weighted by Gasteiger charge is 2.48. The summed E-state index contributed by atoms with van der Waals surface area (Å²) in [7, 11) is 0. The number of aliphatic hydroxyl groups is 1. The van der Waals surface area contributed by atoms with Gasteiger partial charge >= 0.3 is 5.91 Å². The third-order valence-corrected chi connectivity index (χ3v) is 8.64. The lowest BCUT2D eigenvalue weighted by molar-refractivity contribution is -0.132. The second kappa shape index (κ2) is 12.7. The lowest BCUT2D eigenvalue weighted by atomic mass is 9.95. The first kappa shape index (κ1) is 28.5. The molecule has 2 heterocycles. The number of aromatic nitrogens is 2. The number of Topliss-reactive ketones (excluding diaryl/α,β-unsaturated/α-hetero) is 1. The van der Waals surface area contributed by atoms with Gasteiger partial charge in [-0.15, -0.1) is 10.2 Å². The van der Waals surface area contributed by atoms with Gasteiger partial charge in [-0.1, -0.05) is 97.6 Å². The van der Waals surface area contributed by atoms with Crippen molar-refractivity contribution in [2.75, 3.05) is 11.5 Å². The molecular formula is C31H28FN3O4S2. The molecule has 0 saturated carbocycles. The summed E-state index contributed by atoms with van der Waals surface area (Å²) in [5.41, 5.74) is 1.47. The lowest BCUT2D eigenvalue weighted by Gasteiger charge is -2.23. The molecule has 0 bridgehead atoms. The Morgan fingerprint density at radius 2 is 1.80 bits per heavy atom. The van der Waals surface area contributed by atoms with Crippen molar-refractivity contribution in [3.63, 3.8) is 0 Å². The number of rotatable bonds is 10. The Labute approximate surface area is 245 Å². The normalized spacial score (nSPS) is 16.5. The molecule has 41 heavy (non-hydrogen) atoms. The fourth-order valence-corrected chi connectivity index (χ4v) is 6.25. The van der Waals surface area contributed by atoms with E-state index in [9.17, 15) is 19.1 Å². The number of ether oxygens (including phenoxy) is 1. The molecule has 1 atom stereocenters. The van der Waals surface area contributed by atoms with E-state index in [4.69, 9.17) is 4.74 Å². The van der Waals surface area contributed by atoms with Gasteiger partial charge < -0.3 is 9.84 Å². The largest absolute Gasteiger partial charge is 0.507 e. The summed E-state index contributed by atoms with van der Waals surface area (Å²) in [6.07, 6.45) is 0.870. The average Bonchev–Trinajstić information content (AvgIpc) is 3.54. The second-order valence-corrected chi connectivity index (χ2v) is 12.0. The van der Waals surface area contributed by atoms with Gasteiger partial charge in [0, 0.05) is 11.3 Å². The van der Waals surface area contributed by atoms with E-state index in [0.29, 0.717) is 45.1 Å². The number of ketones is 1. The maximum atomic E-state index is 14.1. The van der Waals surface area contributed by atoms with Crippen LogP contribution in [-0.2, 0) is 15.3 Å². The van der Waals surface area contributed by atoms with Gasteiger partial charge in [0.15, 0.2) is 4.34 Å². The van der Waals surface area contributed by atoms with Crippen LogP contribution < -0.4 is 9.64 Å². The number of thioether (sulfide) groups is 1. The van der Waals surface area contributed by atoms with Crippen molar-refractivity contribution in [2.45, 2.75) is 36.4 Å². The molecular weight excluding hydrogens is 561 g/mol. The summed E-state index contributed by atoms with van der Waals surface area (Å²) >= 11 is 2.41. The number of aliphatic hydroxyl groups excluding tert-OH is 1. The monoisotopic (exact) mass is 589 g/mol. The molecule has 1 aliphatic heterocycles. The van der Waals surface area contributed by atoms with Crippen molar-refractivity contribution in [1.82, 2.24) is 10.2 Å². The van der Waals surface area contributed by atoms with Gasteiger partial charge in [-0.2, -0.15) is 0 Å². The number of nitrogens with zero attached hydrogens (tertiary/aromatic N) is 3. The van der Waals surface area contributed by atoms with Crippen LogP contribution in [-0.4, -0.2) is 33.6 Å². The maximum Gasteiger partial charge on any atom is 0.301 e. The van der Waals surface area contributed by atoms with E-state index in [1.165, 1.54) is 22.7 Å². The second-order valence-electron chi connectivity index (χ2n) is 9.87. The zero-order valence-corrected chi connectivity index (χ0v) is 24.1. The fourth-order valence-electron chi connectivity index (χ4n) is 4.40. The van der Waals surface area contributed by atoms with Gasteiger partial charge in [-0.05, 0) is 41.7 Å². The number of anilines is 1. The standard InChI is InChI=1S/C31H28FN3O4S2/c1-19(2)15-16-39-23-13-8-12-21(17-23)26-25(27(36)20-9-4-3-5-10-20)28(37)29(38)35(26)30-33-34-31(41-30)40-18-22-11-6-7-14-24(22)32/h3-14,17,19,26,36H,15-16,18H2,1-2H3/b27-25+.